The molecule has 0 aliphatic carbocycles. The number of rotatable bonds is 9. The van der Waals surface area contributed by atoms with E-state index >= 15 is 0 Å². The second-order valence-electron chi connectivity index (χ2n) is 7.13. The number of nitrogens with zero attached hydrogens (tertiary/aromatic N) is 1. The maximum atomic E-state index is 6.40. The van der Waals surface area contributed by atoms with Crippen molar-refractivity contribution in [3.8, 4) is 0 Å². The molecule has 0 aromatic rings. The van der Waals surface area contributed by atoms with E-state index in [0.29, 0.717) is 5.73 Å². The van der Waals surface area contributed by atoms with E-state index in [0.717, 1.165) is 25.7 Å². The quantitative estimate of drug-likeness (QED) is 0.606. The Morgan fingerprint density at radius 1 is 1.20 bits per heavy atom. The van der Waals surface area contributed by atoms with Gasteiger partial charge in [-0.05, 0) is 47.7 Å². The molecule has 2 atom stereocenters. The first-order chi connectivity index (χ1) is 9.05. The van der Waals surface area contributed by atoms with Crippen LogP contribution in [-0.4, -0.2) is 53.2 Å². The predicted molar refractivity (Wildman–Crippen MR) is 94.5 cm³/mol. The van der Waals surface area contributed by atoms with E-state index < -0.39 is 17.4 Å². The van der Waals surface area contributed by atoms with Crippen LogP contribution in [0.15, 0.2) is 0 Å². The Morgan fingerprint density at radius 3 is 2.10 bits per heavy atom. The van der Waals surface area contributed by atoms with Crippen molar-refractivity contribution in [3.63, 3.8) is 0 Å². The minimum atomic E-state index is -2.04. The third-order valence-electron chi connectivity index (χ3n) is 3.99. The van der Waals surface area contributed by atoms with Crippen molar-refractivity contribution in [2.45, 2.75) is 78.5 Å². The van der Waals surface area contributed by atoms with Crippen LogP contribution in [0.5, 0.6) is 0 Å². The van der Waals surface area contributed by atoms with Gasteiger partial charge >= 0.3 is 8.56 Å². The molecular formula is C15H37NO2Si2. The van der Waals surface area contributed by atoms with Crippen molar-refractivity contribution in [1.29, 1.82) is 0 Å². The van der Waals surface area contributed by atoms with Crippen LogP contribution in [0.2, 0.25) is 25.7 Å². The molecule has 0 aliphatic rings. The van der Waals surface area contributed by atoms with E-state index in [4.69, 9.17) is 8.85 Å². The van der Waals surface area contributed by atoms with E-state index in [1.54, 1.807) is 0 Å². The molecule has 20 heavy (non-hydrogen) atoms. The molecule has 0 radical (unpaired) electrons. The van der Waals surface area contributed by atoms with Crippen molar-refractivity contribution < 1.29 is 8.85 Å². The summed E-state index contributed by atoms with van der Waals surface area (Å²) in [6.07, 6.45) is 0. The zero-order valence-electron chi connectivity index (χ0n) is 15.2. The molecule has 0 fully saturated rings. The van der Waals surface area contributed by atoms with E-state index in [2.05, 4.69) is 66.1 Å². The largest absolute Gasteiger partial charge is 0.395 e. The minimum Gasteiger partial charge on any atom is -0.395 e. The fraction of sp³-hybridized carbons (Fsp3) is 1.00. The van der Waals surface area contributed by atoms with Gasteiger partial charge in [-0.25, -0.2) is 0 Å². The standard InChI is InChI=1S/C15H37NO2Si2/c1-10-16(15(4,5)6)12-13-20(9,17-11-2)18-14(3)19(7)8/h14,19H,10-13H2,1-9H3. The van der Waals surface area contributed by atoms with Gasteiger partial charge in [-0.1, -0.05) is 20.0 Å². The molecule has 3 nitrogen and oxygen atoms in total. The Kier molecular flexibility index (Phi) is 8.82. The van der Waals surface area contributed by atoms with E-state index in [-0.39, 0.29) is 5.54 Å². The topological polar surface area (TPSA) is 21.7 Å². The normalized spacial score (nSPS) is 17.6. The van der Waals surface area contributed by atoms with E-state index in [9.17, 15) is 0 Å². The summed E-state index contributed by atoms with van der Waals surface area (Å²) in [5, 5.41) is 0. The van der Waals surface area contributed by atoms with Gasteiger partial charge in [-0.15, -0.1) is 0 Å². The summed E-state index contributed by atoms with van der Waals surface area (Å²) >= 11 is 0. The Labute approximate surface area is 129 Å². The van der Waals surface area contributed by atoms with Crippen LogP contribution >= 0.6 is 0 Å². The average molecular weight is 320 g/mol. The fourth-order valence-corrected chi connectivity index (χ4v) is 6.66. The highest BCUT2D eigenvalue weighted by molar-refractivity contribution is 6.67. The summed E-state index contributed by atoms with van der Waals surface area (Å²) < 4.78 is 12.5. The molecule has 0 aromatic carbocycles. The smallest absolute Gasteiger partial charge is 0.336 e. The van der Waals surface area contributed by atoms with Crippen LogP contribution in [0, 0.1) is 0 Å². The second kappa shape index (κ2) is 8.68. The van der Waals surface area contributed by atoms with Gasteiger partial charge in [0.25, 0.3) is 0 Å². The maximum absolute atomic E-state index is 6.40. The van der Waals surface area contributed by atoms with E-state index in [1.165, 1.54) is 0 Å². The molecule has 0 N–H and O–H groups in total. The van der Waals surface area contributed by atoms with Gasteiger partial charge in [0.15, 0.2) is 0 Å². The SMILES string of the molecule is CCO[Si](C)(CCN(CC)C(C)(C)C)OC(C)[SiH](C)C. The number of hydrogen-bond acceptors (Lipinski definition) is 3. The van der Waals surface area contributed by atoms with Crippen LogP contribution in [0.4, 0.5) is 0 Å². The first kappa shape index (κ1) is 20.3. The molecule has 0 heterocycles. The van der Waals surface area contributed by atoms with Crippen LogP contribution in [0.3, 0.4) is 0 Å². The molecule has 0 aliphatic heterocycles. The molecule has 0 saturated carbocycles. The van der Waals surface area contributed by atoms with Crippen LogP contribution < -0.4 is 0 Å². The summed E-state index contributed by atoms with van der Waals surface area (Å²) in [4.78, 5) is 2.51. The molecule has 0 spiro atoms. The highest BCUT2D eigenvalue weighted by Gasteiger charge is 2.35. The third-order valence-corrected chi connectivity index (χ3v) is 9.18. The van der Waals surface area contributed by atoms with Crippen molar-refractivity contribution in [1.82, 2.24) is 4.90 Å². The van der Waals surface area contributed by atoms with Gasteiger partial charge in [-0.3, -0.25) is 4.90 Å². The fourth-order valence-electron chi connectivity index (χ4n) is 2.31. The van der Waals surface area contributed by atoms with Crippen molar-refractivity contribution >= 4 is 17.4 Å². The summed E-state index contributed by atoms with van der Waals surface area (Å²) in [5.74, 6) is 0. The van der Waals surface area contributed by atoms with Crippen molar-refractivity contribution in [2.75, 3.05) is 19.7 Å². The van der Waals surface area contributed by atoms with Crippen LogP contribution in [-0.2, 0) is 8.85 Å². The van der Waals surface area contributed by atoms with E-state index in [1.807, 2.05) is 0 Å². The summed E-state index contributed by atoms with van der Waals surface area (Å²) in [6, 6.07) is 1.05. The molecule has 0 saturated heterocycles. The van der Waals surface area contributed by atoms with Crippen LogP contribution in [0.25, 0.3) is 0 Å². The molecule has 0 rings (SSSR count). The molecule has 5 heteroatoms. The van der Waals surface area contributed by atoms with Gasteiger partial charge in [0.2, 0.25) is 0 Å². The first-order valence-electron chi connectivity index (χ1n) is 8.12. The Hall–Kier alpha value is 0.314. The van der Waals surface area contributed by atoms with Crippen molar-refractivity contribution in [2.24, 2.45) is 0 Å². The van der Waals surface area contributed by atoms with Gasteiger partial charge in [0, 0.05) is 30.5 Å². The Morgan fingerprint density at radius 2 is 1.75 bits per heavy atom. The van der Waals surface area contributed by atoms with Gasteiger partial charge in [-0.2, -0.15) is 0 Å². The molecule has 2 unspecified atom stereocenters. The van der Waals surface area contributed by atoms with Gasteiger partial charge in [0.1, 0.15) is 0 Å². The second-order valence-corrected chi connectivity index (χ2v) is 13.9. The average Bonchev–Trinajstić information content (AvgIpc) is 2.27. The molecule has 0 bridgehead atoms. The summed E-state index contributed by atoms with van der Waals surface area (Å²) in [5.41, 5.74) is 0.622. The monoisotopic (exact) mass is 319 g/mol. The molecule has 0 aromatic heterocycles. The predicted octanol–water partition coefficient (Wildman–Crippen LogP) is 3.65. The summed E-state index contributed by atoms with van der Waals surface area (Å²) in [7, 11) is -2.80. The molecule has 122 valence electrons. The lowest BCUT2D eigenvalue weighted by Gasteiger charge is -2.38. The highest BCUT2D eigenvalue weighted by atomic mass is 28.4. The lowest BCUT2D eigenvalue weighted by molar-refractivity contribution is 0.132. The van der Waals surface area contributed by atoms with Gasteiger partial charge < -0.3 is 8.85 Å². The van der Waals surface area contributed by atoms with Gasteiger partial charge in [0.05, 0.1) is 8.80 Å². The van der Waals surface area contributed by atoms with Crippen molar-refractivity contribution in [3.05, 3.63) is 0 Å². The lowest BCUT2D eigenvalue weighted by Crippen LogP contribution is -2.49. The lowest BCUT2D eigenvalue weighted by atomic mass is 10.1. The molecular weight excluding hydrogens is 282 g/mol. The maximum Gasteiger partial charge on any atom is 0.336 e. The number of hydrogen-bond donors (Lipinski definition) is 0. The first-order valence-corrected chi connectivity index (χ1v) is 13.6. The highest BCUT2D eigenvalue weighted by Crippen LogP contribution is 2.21. The zero-order chi connectivity index (χ0) is 16.0. The Balaban J connectivity index is 4.67. The zero-order valence-corrected chi connectivity index (χ0v) is 17.4. The third kappa shape index (κ3) is 7.36. The Bertz CT molecular complexity index is 269. The molecule has 0 amide bonds. The van der Waals surface area contributed by atoms with Crippen LogP contribution in [0.1, 0.15) is 41.5 Å². The minimum absolute atomic E-state index is 0.217. The summed E-state index contributed by atoms with van der Waals surface area (Å²) in [6.45, 7) is 23.2.